The van der Waals surface area contributed by atoms with Crippen molar-refractivity contribution in [1.82, 2.24) is 24.7 Å². The van der Waals surface area contributed by atoms with E-state index in [0.717, 1.165) is 39.3 Å². The first-order valence-electron chi connectivity index (χ1n) is 8.35. The van der Waals surface area contributed by atoms with Crippen molar-refractivity contribution >= 4 is 5.91 Å². The maximum absolute atomic E-state index is 12.4. The number of piperidine rings is 1. The molecule has 3 heterocycles. The molecule has 0 unspecified atom stereocenters. The van der Waals surface area contributed by atoms with Crippen LogP contribution < -0.4 is 5.56 Å². The SMILES string of the molecule is CN1CCC(N2CCN(C(=O)Cc3cnc[nH]c3=O)CC2)CC1. The number of aromatic amines is 1. The summed E-state index contributed by atoms with van der Waals surface area (Å²) in [6.45, 7) is 5.70. The quantitative estimate of drug-likeness (QED) is 0.817. The molecule has 7 heteroatoms. The van der Waals surface area contributed by atoms with Gasteiger partial charge in [0.2, 0.25) is 5.91 Å². The zero-order valence-electron chi connectivity index (χ0n) is 13.7. The maximum Gasteiger partial charge on any atom is 0.254 e. The molecule has 7 nitrogen and oxygen atoms in total. The van der Waals surface area contributed by atoms with Gasteiger partial charge in [-0.05, 0) is 33.0 Å². The van der Waals surface area contributed by atoms with Crippen molar-refractivity contribution in [2.45, 2.75) is 25.3 Å². The summed E-state index contributed by atoms with van der Waals surface area (Å²) in [5, 5.41) is 0. The highest BCUT2D eigenvalue weighted by atomic mass is 16.2. The van der Waals surface area contributed by atoms with Crippen LogP contribution in [-0.2, 0) is 11.2 Å². The van der Waals surface area contributed by atoms with Crippen LogP contribution in [0.15, 0.2) is 17.3 Å². The van der Waals surface area contributed by atoms with Gasteiger partial charge in [-0.2, -0.15) is 0 Å². The lowest BCUT2D eigenvalue weighted by Crippen LogP contribution is -2.54. The number of nitrogens with one attached hydrogen (secondary N) is 1. The number of likely N-dealkylation sites (tertiary alicyclic amines) is 1. The van der Waals surface area contributed by atoms with Gasteiger partial charge in [-0.3, -0.25) is 14.5 Å². The van der Waals surface area contributed by atoms with E-state index in [4.69, 9.17) is 0 Å². The number of hydrogen-bond donors (Lipinski definition) is 1. The third kappa shape index (κ3) is 3.97. The van der Waals surface area contributed by atoms with E-state index in [1.807, 2.05) is 4.90 Å². The molecule has 0 radical (unpaired) electrons. The second-order valence-corrected chi connectivity index (χ2v) is 6.53. The third-order valence-corrected chi connectivity index (χ3v) is 5.01. The number of carbonyl (C=O) groups is 1. The number of nitrogens with zero attached hydrogens (tertiary/aromatic N) is 4. The standard InChI is InChI=1S/C16H25N5O2/c1-19-4-2-14(3-5-19)20-6-8-21(9-7-20)15(22)10-13-11-17-12-18-16(13)23/h11-12,14H,2-10H2,1H3,(H,17,18,23). The van der Waals surface area contributed by atoms with Gasteiger partial charge >= 0.3 is 0 Å². The molecule has 1 aromatic heterocycles. The summed E-state index contributed by atoms with van der Waals surface area (Å²) >= 11 is 0. The number of carbonyl (C=O) groups excluding carboxylic acids is 1. The number of hydrogen-bond acceptors (Lipinski definition) is 5. The topological polar surface area (TPSA) is 72.5 Å². The Labute approximate surface area is 136 Å². The summed E-state index contributed by atoms with van der Waals surface area (Å²) in [4.78, 5) is 37.2. The fraction of sp³-hybridized carbons (Fsp3) is 0.688. The first-order chi connectivity index (χ1) is 11.1. The van der Waals surface area contributed by atoms with Crippen molar-refractivity contribution < 1.29 is 4.79 Å². The molecule has 1 N–H and O–H groups in total. The van der Waals surface area contributed by atoms with Crippen molar-refractivity contribution in [2.75, 3.05) is 46.3 Å². The van der Waals surface area contributed by atoms with E-state index in [1.54, 1.807) is 0 Å². The Hall–Kier alpha value is -1.73. The minimum absolute atomic E-state index is 0.0199. The van der Waals surface area contributed by atoms with Crippen molar-refractivity contribution in [2.24, 2.45) is 0 Å². The molecule has 126 valence electrons. The molecule has 2 fully saturated rings. The molecule has 23 heavy (non-hydrogen) atoms. The van der Waals surface area contributed by atoms with E-state index in [-0.39, 0.29) is 17.9 Å². The van der Waals surface area contributed by atoms with Gasteiger partial charge in [0.25, 0.3) is 5.56 Å². The first kappa shape index (κ1) is 16.1. The Balaban J connectivity index is 1.50. The number of rotatable bonds is 3. The fourth-order valence-corrected chi connectivity index (χ4v) is 3.47. The molecular formula is C16H25N5O2. The third-order valence-electron chi connectivity index (χ3n) is 5.01. The Morgan fingerprint density at radius 3 is 2.57 bits per heavy atom. The monoisotopic (exact) mass is 319 g/mol. The van der Waals surface area contributed by atoms with Crippen LogP contribution in [0.5, 0.6) is 0 Å². The molecule has 0 bridgehead atoms. The molecule has 0 atom stereocenters. The summed E-state index contributed by atoms with van der Waals surface area (Å²) in [6, 6.07) is 0.657. The van der Waals surface area contributed by atoms with Gasteiger partial charge in [0.15, 0.2) is 0 Å². The Kier molecular flexibility index (Phi) is 5.07. The second kappa shape index (κ2) is 7.23. The van der Waals surface area contributed by atoms with E-state index < -0.39 is 0 Å². The molecule has 1 aromatic rings. The molecule has 0 aliphatic carbocycles. The Morgan fingerprint density at radius 2 is 1.91 bits per heavy atom. The first-order valence-corrected chi connectivity index (χ1v) is 8.35. The zero-order chi connectivity index (χ0) is 16.2. The van der Waals surface area contributed by atoms with Crippen LogP contribution in [0.4, 0.5) is 0 Å². The van der Waals surface area contributed by atoms with Gasteiger partial charge in [0, 0.05) is 44.0 Å². The molecule has 1 amide bonds. The summed E-state index contributed by atoms with van der Waals surface area (Å²) in [5.41, 5.74) is 0.216. The van der Waals surface area contributed by atoms with E-state index in [2.05, 4.69) is 26.8 Å². The van der Waals surface area contributed by atoms with Gasteiger partial charge in [0.1, 0.15) is 0 Å². The summed E-state index contributed by atoms with van der Waals surface area (Å²) in [6.07, 6.45) is 5.39. The maximum atomic E-state index is 12.4. The van der Waals surface area contributed by atoms with Gasteiger partial charge < -0.3 is 14.8 Å². The molecule has 0 spiro atoms. The minimum Gasteiger partial charge on any atom is -0.340 e. The van der Waals surface area contributed by atoms with Crippen molar-refractivity contribution in [3.63, 3.8) is 0 Å². The van der Waals surface area contributed by atoms with Crippen LogP contribution in [0.2, 0.25) is 0 Å². The highest BCUT2D eigenvalue weighted by molar-refractivity contribution is 5.78. The predicted molar refractivity (Wildman–Crippen MR) is 87.2 cm³/mol. The molecule has 2 aliphatic rings. The van der Waals surface area contributed by atoms with Crippen LogP contribution >= 0.6 is 0 Å². The van der Waals surface area contributed by atoms with Gasteiger partial charge in [-0.15, -0.1) is 0 Å². The van der Waals surface area contributed by atoms with Crippen LogP contribution in [0.25, 0.3) is 0 Å². The van der Waals surface area contributed by atoms with E-state index >= 15 is 0 Å². The average Bonchev–Trinajstić information content (AvgIpc) is 2.58. The van der Waals surface area contributed by atoms with E-state index in [1.165, 1.54) is 25.4 Å². The molecule has 2 saturated heterocycles. The lowest BCUT2D eigenvalue weighted by Gasteiger charge is -2.42. The highest BCUT2D eigenvalue weighted by Crippen LogP contribution is 2.17. The summed E-state index contributed by atoms with van der Waals surface area (Å²) < 4.78 is 0. The second-order valence-electron chi connectivity index (χ2n) is 6.53. The Morgan fingerprint density at radius 1 is 1.22 bits per heavy atom. The van der Waals surface area contributed by atoms with Crippen LogP contribution in [0.3, 0.4) is 0 Å². The smallest absolute Gasteiger partial charge is 0.254 e. The lowest BCUT2D eigenvalue weighted by atomic mass is 10.0. The summed E-state index contributed by atoms with van der Waals surface area (Å²) in [7, 11) is 2.17. The van der Waals surface area contributed by atoms with Gasteiger partial charge in [-0.1, -0.05) is 0 Å². The van der Waals surface area contributed by atoms with Crippen LogP contribution in [0, 0.1) is 0 Å². The number of piperazine rings is 1. The predicted octanol–water partition coefficient (Wildman–Crippen LogP) is -0.449. The normalized spacial score (nSPS) is 21.5. The molecule has 2 aliphatic heterocycles. The van der Waals surface area contributed by atoms with E-state index in [0.29, 0.717) is 11.6 Å². The number of H-pyrrole nitrogens is 1. The number of amides is 1. The largest absolute Gasteiger partial charge is 0.340 e. The van der Waals surface area contributed by atoms with Crippen LogP contribution in [-0.4, -0.2) is 82.9 Å². The van der Waals surface area contributed by atoms with E-state index in [9.17, 15) is 9.59 Å². The molecule has 0 saturated carbocycles. The lowest BCUT2D eigenvalue weighted by molar-refractivity contribution is -0.132. The summed E-state index contributed by atoms with van der Waals surface area (Å²) in [5.74, 6) is 0.0199. The van der Waals surface area contributed by atoms with Crippen molar-refractivity contribution in [3.8, 4) is 0 Å². The van der Waals surface area contributed by atoms with Gasteiger partial charge in [0.05, 0.1) is 12.7 Å². The Bertz CT molecular complexity index is 586. The highest BCUT2D eigenvalue weighted by Gasteiger charge is 2.28. The van der Waals surface area contributed by atoms with Crippen LogP contribution in [0.1, 0.15) is 18.4 Å². The average molecular weight is 319 g/mol. The van der Waals surface area contributed by atoms with Crippen molar-refractivity contribution in [1.29, 1.82) is 0 Å². The fourth-order valence-electron chi connectivity index (χ4n) is 3.47. The zero-order valence-corrected chi connectivity index (χ0v) is 13.7. The molecular weight excluding hydrogens is 294 g/mol. The minimum atomic E-state index is -0.224. The van der Waals surface area contributed by atoms with Gasteiger partial charge in [-0.25, -0.2) is 4.98 Å². The molecule has 0 aromatic carbocycles. The van der Waals surface area contributed by atoms with Crippen molar-refractivity contribution in [3.05, 3.63) is 28.4 Å². The number of aromatic nitrogens is 2. The molecule has 3 rings (SSSR count).